The van der Waals surface area contributed by atoms with Gasteiger partial charge in [0.15, 0.2) is 0 Å². The van der Waals surface area contributed by atoms with Crippen LogP contribution in [0, 0.1) is 0 Å². The van der Waals surface area contributed by atoms with Crippen molar-refractivity contribution in [2.45, 2.75) is 19.4 Å². The van der Waals surface area contributed by atoms with Gasteiger partial charge in [-0.3, -0.25) is 4.79 Å². The van der Waals surface area contributed by atoms with Gasteiger partial charge >= 0.3 is 5.97 Å². The zero-order valence-corrected chi connectivity index (χ0v) is 9.33. The summed E-state index contributed by atoms with van der Waals surface area (Å²) >= 11 is 5.95. The van der Waals surface area contributed by atoms with Crippen LogP contribution in [0.4, 0.5) is 0 Å². The highest BCUT2D eigenvalue weighted by Gasteiger charge is 2.14. The molecule has 0 aromatic heterocycles. The van der Waals surface area contributed by atoms with Crippen molar-refractivity contribution in [1.29, 1.82) is 0 Å². The summed E-state index contributed by atoms with van der Waals surface area (Å²) in [6, 6.07) is 6.82. The smallest absolute Gasteiger partial charge is 0.307 e. The Hall–Kier alpha value is -1.06. The monoisotopic (exact) mass is 227 g/mol. The van der Waals surface area contributed by atoms with Gasteiger partial charge in [-0.1, -0.05) is 29.8 Å². The molecule has 4 heteroatoms. The molecule has 15 heavy (non-hydrogen) atoms. The minimum absolute atomic E-state index is 0.150. The Kier molecular flexibility index (Phi) is 4.59. The highest BCUT2D eigenvalue weighted by molar-refractivity contribution is 6.31. The number of carbonyl (C=O) groups excluding carboxylic acids is 1. The van der Waals surface area contributed by atoms with Crippen LogP contribution in [0.1, 0.15) is 24.9 Å². The molecule has 0 heterocycles. The second-order valence-electron chi connectivity index (χ2n) is 3.14. The van der Waals surface area contributed by atoms with Crippen LogP contribution in [0.15, 0.2) is 24.3 Å². The van der Waals surface area contributed by atoms with Crippen LogP contribution < -0.4 is 5.73 Å². The maximum atomic E-state index is 11.2. The summed E-state index contributed by atoms with van der Waals surface area (Å²) in [5, 5.41) is 0.578. The van der Waals surface area contributed by atoms with E-state index in [0.29, 0.717) is 11.6 Å². The third kappa shape index (κ3) is 3.53. The van der Waals surface area contributed by atoms with E-state index in [2.05, 4.69) is 0 Å². The van der Waals surface area contributed by atoms with Crippen molar-refractivity contribution in [3.8, 4) is 0 Å². The molecule has 0 saturated heterocycles. The minimum atomic E-state index is -0.405. The molecular weight excluding hydrogens is 214 g/mol. The predicted molar refractivity (Wildman–Crippen MR) is 59.6 cm³/mol. The van der Waals surface area contributed by atoms with Crippen LogP contribution in [-0.4, -0.2) is 12.6 Å². The zero-order chi connectivity index (χ0) is 11.3. The SMILES string of the molecule is CCOC(=O)C[C@H](N)c1ccccc1Cl. The first-order valence-corrected chi connectivity index (χ1v) is 5.18. The molecule has 0 aliphatic rings. The quantitative estimate of drug-likeness (QED) is 0.803. The Bertz CT molecular complexity index is 341. The fraction of sp³-hybridized carbons (Fsp3) is 0.364. The maximum absolute atomic E-state index is 11.2. The van der Waals surface area contributed by atoms with Crippen molar-refractivity contribution in [2.24, 2.45) is 5.73 Å². The fourth-order valence-corrected chi connectivity index (χ4v) is 1.56. The van der Waals surface area contributed by atoms with E-state index < -0.39 is 6.04 Å². The Balaban J connectivity index is 2.65. The summed E-state index contributed by atoms with van der Waals surface area (Å²) in [6.45, 7) is 2.13. The lowest BCUT2D eigenvalue weighted by Gasteiger charge is -2.12. The molecule has 0 fully saturated rings. The number of carbonyl (C=O) groups is 1. The minimum Gasteiger partial charge on any atom is -0.466 e. The highest BCUT2D eigenvalue weighted by atomic mass is 35.5. The van der Waals surface area contributed by atoms with Crippen molar-refractivity contribution in [2.75, 3.05) is 6.61 Å². The molecule has 2 N–H and O–H groups in total. The van der Waals surface area contributed by atoms with Gasteiger partial charge in [0.2, 0.25) is 0 Å². The van der Waals surface area contributed by atoms with Gasteiger partial charge < -0.3 is 10.5 Å². The third-order valence-corrected chi connectivity index (χ3v) is 2.34. The molecular formula is C11H14ClNO2. The van der Waals surface area contributed by atoms with Crippen molar-refractivity contribution >= 4 is 17.6 Å². The van der Waals surface area contributed by atoms with Gasteiger partial charge in [0.1, 0.15) is 0 Å². The van der Waals surface area contributed by atoms with Gasteiger partial charge in [0, 0.05) is 11.1 Å². The van der Waals surface area contributed by atoms with Crippen molar-refractivity contribution in [1.82, 2.24) is 0 Å². The van der Waals surface area contributed by atoms with E-state index in [1.807, 2.05) is 18.2 Å². The average Bonchev–Trinajstić information content (AvgIpc) is 2.18. The van der Waals surface area contributed by atoms with E-state index in [1.165, 1.54) is 0 Å². The average molecular weight is 228 g/mol. The van der Waals surface area contributed by atoms with Gasteiger partial charge in [0.05, 0.1) is 13.0 Å². The predicted octanol–water partition coefficient (Wildman–Crippen LogP) is 2.29. The summed E-state index contributed by atoms with van der Waals surface area (Å²) in [5.74, 6) is -0.301. The Morgan fingerprint density at radius 3 is 2.80 bits per heavy atom. The van der Waals surface area contributed by atoms with E-state index in [0.717, 1.165) is 5.56 Å². The molecule has 1 aromatic carbocycles. The van der Waals surface area contributed by atoms with Crippen LogP contribution in [0.5, 0.6) is 0 Å². The lowest BCUT2D eigenvalue weighted by atomic mass is 10.1. The number of ether oxygens (including phenoxy) is 1. The summed E-state index contributed by atoms with van der Waals surface area (Å²) in [6.07, 6.45) is 0.150. The second-order valence-corrected chi connectivity index (χ2v) is 3.54. The topological polar surface area (TPSA) is 52.3 Å². The maximum Gasteiger partial charge on any atom is 0.307 e. The Morgan fingerprint density at radius 1 is 1.53 bits per heavy atom. The molecule has 0 radical (unpaired) electrons. The highest BCUT2D eigenvalue weighted by Crippen LogP contribution is 2.23. The first kappa shape index (κ1) is 12.0. The van der Waals surface area contributed by atoms with E-state index in [-0.39, 0.29) is 12.4 Å². The van der Waals surface area contributed by atoms with Crippen LogP contribution in [0.25, 0.3) is 0 Å². The summed E-state index contributed by atoms with van der Waals surface area (Å²) in [5.41, 5.74) is 6.61. The molecule has 0 bridgehead atoms. The van der Waals surface area contributed by atoms with Crippen LogP contribution in [0.3, 0.4) is 0 Å². The van der Waals surface area contributed by atoms with E-state index in [1.54, 1.807) is 13.0 Å². The third-order valence-electron chi connectivity index (χ3n) is 2.00. The number of halogens is 1. The molecule has 0 aliphatic heterocycles. The first-order chi connectivity index (χ1) is 7.15. The largest absolute Gasteiger partial charge is 0.466 e. The van der Waals surface area contributed by atoms with Gasteiger partial charge in [-0.05, 0) is 18.6 Å². The lowest BCUT2D eigenvalue weighted by molar-refractivity contribution is -0.143. The van der Waals surface area contributed by atoms with Crippen LogP contribution in [-0.2, 0) is 9.53 Å². The molecule has 1 atom stereocenters. The second kappa shape index (κ2) is 5.73. The van der Waals surface area contributed by atoms with Gasteiger partial charge in [-0.15, -0.1) is 0 Å². The van der Waals surface area contributed by atoms with Gasteiger partial charge in [0.25, 0.3) is 0 Å². The van der Waals surface area contributed by atoms with E-state index >= 15 is 0 Å². The molecule has 3 nitrogen and oxygen atoms in total. The molecule has 0 spiro atoms. The first-order valence-electron chi connectivity index (χ1n) is 4.80. The molecule has 0 unspecified atom stereocenters. The zero-order valence-electron chi connectivity index (χ0n) is 8.57. The van der Waals surface area contributed by atoms with Crippen molar-refractivity contribution in [3.63, 3.8) is 0 Å². The molecule has 1 rings (SSSR count). The number of esters is 1. The molecule has 0 aliphatic carbocycles. The Morgan fingerprint density at radius 2 is 2.20 bits per heavy atom. The number of benzene rings is 1. The standard InChI is InChI=1S/C11H14ClNO2/c1-2-15-11(14)7-10(13)8-5-3-4-6-9(8)12/h3-6,10H,2,7,13H2,1H3/t10-/m0/s1. The van der Waals surface area contributed by atoms with Crippen LogP contribution in [0.2, 0.25) is 5.02 Å². The van der Waals surface area contributed by atoms with E-state index in [4.69, 9.17) is 22.1 Å². The number of rotatable bonds is 4. The van der Waals surface area contributed by atoms with Gasteiger partial charge in [-0.25, -0.2) is 0 Å². The lowest BCUT2D eigenvalue weighted by Crippen LogP contribution is -2.17. The summed E-state index contributed by atoms with van der Waals surface area (Å²) < 4.78 is 4.81. The normalized spacial score (nSPS) is 12.2. The summed E-state index contributed by atoms with van der Waals surface area (Å²) in [4.78, 5) is 11.2. The number of nitrogens with two attached hydrogens (primary N) is 1. The van der Waals surface area contributed by atoms with Crippen molar-refractivity contribution in [3.05, 3.63) is 34.9 Å². The van der Waals surface area contributed by atoms with E-state index in [9.17, 15) is 4.79 Å². The molecule has 1 aromatic rings. The van der Waals surface area contributed by atoms with Crippen LogP contribution >= 0.6 is 11.6 Å². The molecule has 0 saturated carbocycles. The number of hydrogen-bond acceptors (Lipinski definition) is 3. The summed E-state index contributed by atoms with van der Waals surface area (Å²) in [7, 11) is 0. The van der Waals surface area contributed by atoms with Gasteiger partial charge in [-0.2, -0.15) is 0 Å². The number of hydrogen-bond donors (Lipinski definition) is 1. The van der Waals surface area contributed by atoms with Crippen molar-refractivity contribution < 1.29 is 9.53 Å². The molecule has 82 valence electrons. The fourth-order valence-electron chi connectivity index (χ4n) is 1.29. The molecule has 0 amide bonds. The Labute approximate surface area is 94.2 Å².